The predicted molar refractivity (Wildman–Crippen MR) is 102 cm³/mol. The summed E-state index contributed by atoms with van der Waals surface area (Å²) in [6.07, 6.45) is 0. The van der Waals surface area contributed by atoms with Crippen LogP contribution in [0.15, 0.2) is 0 Å². The number of esters is 2. The van der Waals surface area contributed by atoms with Gasteiger partial charge in [0.05, 0.1) is 36.2 Å². The summed E-state index contributed by atoms with van der Waals surface area (Å²) in [6.45, 7) is 6.76. The van der Waals surface area contributed by atoms with Crippen LogP contribution in [0.3, 0.4) is 0 Å². The van der Waals surface area contributed by atoms with Crippen LogP contribution in [-0.4, -0.2) is 41.8 Å². The molecule has 0 aliphatic rings. The molecule has 0 spiro atoms. The highest BCUT2D eigenvalue weighted by molar-refractivity contribution is 7.18. The molecule has 146 valence electrons. The second-order valence-corrected chi connectivity index (χ2v) is 7.24. The number of aryl methyl sites for hydroxylation is 1. The van der Waals surface area contributed by atoms with Gasteiger partial charge in [0.2, 0.25) is 5.91 Å². The van der Waals surface area contributed by atoms with Crippen molar-refractivity contribution in [1.82, 2.24) is 9.78 Å². The highest BCUT2D eigenvalue weighted by atomic mass is 35.5. The number of halogens is 1. The molecule has 1 unspecified atom stereocenters. The zero-order valence-corrected chi connectivity index (χ0v) is 17.4. The van der Waals surface area contributed by atoms with Crippen molar-refractivity contribution in [2.75, 3.05) is 19.5 Å². The van der Waals surface area contributed by atoms with Gasteiger partial charge < -0.3 is 14.8 Å². The number of ether oxygens (including phenoxy) is 2. The molecule has 8 nitrogen and oxygen atoms in total. The van der Waals surface area contributed by atoms with Crippen LogP contribution >= 0.6 is 22.9 Å². The molecule has 2 rings (SSSR count). The monoisotopic (exact) mass is 413 g/mol. The predicted octanol–water partition coefficient (Wildman–Crippen LogP) is 3.30. The van der Waals surface area contributed by atoms with Crippen molar-refractivity contribution in [3.8, 4) is 0 Å². The summed E-state index contributed by atoms with van der Waals surface area (Å²) in [6, 6.07) is -0.689. The van der Waals surface area contributed by atoms with E-state index >= 15 is 0 Å². The van der Waals surface area contributed by atoms with E-state index < -0.39 is 23.9 Å². The Bertz CT molecular complexity index is 918. The number of aromatic nitrogens is 2. The van der Waals surface area contributed by atoms with E-state index in [1.807, 2.05) is 0 Å². The summed E-state index contributed by atoms with van der Waals surface area (Å²) >= 11 is 7.10. The highest BCUT2D eigenvalue weighted by Gasteiger charge is 2.28. The summed E-state index contributed by atoms with van der Waals surface area (Å²) in [5.41, 5.74) is 1.78. The third-order valence-electron chi connectivity index (χ3n) is 4.13. The van der Waals surface area contributed by atoms with E-state index in [1.54, 1.807) is 27.7 Å². The van der Waals surface area contributed by atoms with Crippen molar-refractivity contribution < 1.29 is 23.9 Å². The minimum absolute atomic E-state index is 0.120. The Hall–Kier alpha value is -2.39. The Morgan fingerprint density at radius 3 is 2.22 bits per heavy atom. The Kier molecular flexibility index (Phi) is 6.27. The molecule has 2 heterocycles. The second kappa shape index (κ2) is 8.10. The van der Waals surface area contributed by atoms with E-state index in [0.29, 0.717) is 22.0 Å². The molecule has 0 aliphatic carbocycles. The molecule has 2 aromatic rings. The Morgan fingerprint density at radius 2 is 1.74 bits per heavy atom. The fourth-order valence-electron chi connectivity index (χ4n) is 2.58. The largest absolute Gasteiger partial charge is 0.465 e. The van der Waals surface area contributed by atoms with Crippen LogP contribution in [-0.2, 0) is 14.3 Å². The molecule has 0 radical (unpaired) electrons. The van der Waals surface area contributed by atoms with Crippen LogP contribution in [0.5, 0.6) is 0 Å². The van der Waals surface area contributed by atoms with Crippen LogP contribution in [0.2, 0.25) is 5.02 Å². The Morgan fingerprint density at radius 1 is 1.15 bits per heavy atom. The Balaban J connectivity index is 2.40. The second-order valence-electron chi connectivity index (χ2n) is 5.84. The molecule has 1 atom stereocenters. The first-order chi connectivity index (χ1) is 12.6. The average Bonchev–Trinajstić information content (AvgIpc) is 3.10. The number of nitrogens with zero attached hydrogens (tertiary/aromatic N) is 2. The average molecular weight is 414 g/mol. The minimum atomic E-state index is -0.689. The van der Waals surface area contributed by atoms with E-state index in [0.717, 1.165) is 11.3 Å². The maximum absolute atomic E-state index is 12.7. The number of carbonyl (C=O) groups is 3. The maximum Gasteiger partial charge on any atom is 0.348 e. The molecule has 1 N–H and O–H groups in total. The molecule has 0 fully saturated rings. The number of nitrogens with one attached hydrogen (secondary N) is 1. The van der Waals surface area contributed by atoms with Crippen molar-refractivity contribution in [3.05, 3.63) is 32.4 Å². The van der Waals surface area contributed by atoms with Gasteiger partial charge in [-0.2, -0.15) is 5.10 Å². The molecule has 0 aliphatic heterocycles. The third kappa shape index (κ3) is 3.84. The van der Waals surface area contributed by atoms with Gasteiger partial charge in [0.25, 0.3) is 0 Å². The number of anilines is 1. The van der Waals surface area contributed by atoms with Crippen LogP contribution in [0.4, 0.5) is 5.00 Å². The molecular weight excluding hydrogens is 394 g/mol. The van der Waals surface area contributed by atoms with Crippen LogP contribution in [0.1, 0.15) is 49.9 Å². The number of amides is 1. The molecule has 1 amide bonds. The molecule has 10 heteroatoms. The van der Waals surface area contributed by atoms with Crippen molar-refractivity contribution >= 4 is 45.8 Å². The first-order valence-electron chi connectivity index (χ1n) is 7.96. The van der Waals surface area contributed by atoms with Gasteiger partial charge in [0.15, 0.2) is 0 Å². The fraction of sp³-hybridized carbons (Fsp3) is 0.412. The quantitative estimate of drug-likeness (QED) is 0.755. The number of carbonyl (C=O) groups excluding carboxylic acids is 3. The van der Waals surface area contributed by atoms with Crippen LogP contribution in [0.25, 0.3) is 0 Å². The van der Waals surface area contributed by atoms with Gasteiger partial charge in [-0.05, 0) is 33.3 Å². The zero-order valence-electron chi connectivity index (χ0n) is 15.8. The summed E-state index contributed by atoms with van der Waals surface area (Å²) in [5, 5.41) is 7.66. The Labute approximate surface area is 165 Å². The normalized spacial score (nSPS) is 11.8. The number of thiophene rings is 1. The van der Waals surface area contributed by atoms with E-state index in [4.69, 9.17) is 21.1 Å². The number of methoxy groups -OCH3 is 2. The van der Waals surface area contributed by atoms with E-state index in [1.165, 1.54) is 18.9 Å². The fourth-order valence-corrected chi connectivity index (χ4v) is 3.82. The molecule has 2 aromatic heterocycles. The molecular formula is C17H20ClN3O5S. The summed E-state index contributed by atoms with van der Waals surface area (Å²) in [7, 11) is 2.47. The molecule has 27 heavy (non-hydrogen) atoms. The molecule has 0 saturated carbocycles. The molecule has 0 saturated heterocycles. The lowest BCUT2D eigenvalue weighted by molar-refractivity contribution is -0.119. The van der Waals surface area contributed by atoms with Crippen molar-refractivity contribution in [3.63, 3.8) is 0 Å². The lowest BCUT2D eigenvalue weighted by Crippen LogP contribution is -2.25. The summed E-state index contributed by atoms with van der Waals surface area (Å²) in [5.74, 6) is -1.67. The first kappa shape index (κ1) is 20.9. The number of rotatable bonds is 5. The van der Waals surface area contributed by atoms with E-state index in [2.05, 4.69) is 10.4 Å². The SMILES string of the molecule is COC(=O)c1sc(NC(=O)C(C)n2nc(C)c(Cl)c2C)c(C(=O)OC)c1C. The van der Waals surface area contributed by atoms with Gasteiger partial charge in [-0.25, -0.2) is 9.59 Å². The number of hydrogen-bond acceptors (Lipinski definition) is 7. The van der Waals surface area contributed by atoms with Crippen LogP contribution < -0.4 is 5.32 Å². The van der Waals surface area contributed by atoms with Crippen molar-refractivity contribution in [1.29, 1.82) is 0 Å². The van der Waals surface area contributed by atoms with Crippen molar-refractivity contribution in [2.24, 2.45) is 0 Å². The third-order valence-corrected chi connectivity index (χ3v) is 5.86. The first-order valence-corrected chi connectivity index (χ1v) is 9.15. The van der Waals surface area contributed by atoms with E-state index in [-0.39, 0.29) is 15.4 Å². The summed E-state index contributed by atoms with van der Waals surface area (Å²) < 4.78 is 11.0. The van der Waals surface area contributed by atoms with Gasteiger partial charge in [0.1, 0.15) is 15.9 Å². The van der Waals surface area contributed by atoms with Gasteiger partial charge in [-0.3, -0.25) is 9.48 Å². The van der Waals surface area contributed by atoms with Crippen LogP contribution in [0, 0.1) is 20.8 Å². The van der Waals surface area contributed by atoms with Gasteiger partial charge in [0, 0.05) is 0 Å². The summed E-state index contributed by atoms with van der Waals surface area (Å²) in [4.78, 5) is 37.0. The minimum Gasteiger partial charge on any atom is -0.465 e. The number of hydrogen-bond donors (Lipinski definition) is 1. The lowest BCUT2D eigenvalue weighted by atomic mass is 10.1. The van der Waals surface area contributed by atoms with E-state index in [9.17, 15) is 14.4 Å². The standard InChI is InChI=1S/C17H20ClN3O5S/c1-7-11(16(23)25-5)15(27-13(7)17(24)26-6)19-14(22)10(4)21-9(3)12(18)8(2)20-21/h10H,1-6H3,(H,19,22). The van der Waals surface area contributed by atoms with Gasteiger partial charge >= 0.3 is 11.9 Å². The zero-order chi connectivity index (χ0) is 20.5. The van der Waals surface area contributed by atoms with Gasteiger partial charge in [-0.1, -0.05) is 11.6 Å². The topological polar surface area (TPSA) is 99.5 Å². The van der Waals surface area contributed by atoms with Gasteiger partial charge in [-0.15, -0.1) is 11.3 Å². The maximum atomic E-state index is 12.7. The lowest BCUT2D eigenvalue weighted by Gasteiger charge is -2.14. The molecule has 0 aromatic carbocycles. The molecule has 0 bridgehead atoms. The van der Waals surface area contributed by atoms with Crippen molar-refractivity contribution in [2.45, 2.75) is 33.7 Å². The highest BCUT2D eigenvalue weighted by Crippen LogP contribution is 2.35. The smallest absolute Gasteiger partial charge is 0.348 e.